The third kappa shape index (κ3) is 4.14. The van der Waals surface area contributed by atoms with Gasteiger partial charge in [-0.05, 0) is 42.7 Å². The van der Waals surface area contributed by atoms with E-state index in [4.69, 9.17) is 0 Å². The quantitative estimate of drug-likeness (QED) is 0.766. The van der Waals surface area contributed by atoms with E-state index in [0.717, 1.165) is 5.56 Å². The number of rotatable bonds is 6. The number of aliphatic hydroxyl groups excluding tert-OH is 1. The van der Waals surface area contributed by atoms with Crippen LogP contribution < -0.4 is 5.32 Å². The first-order chi connectivity index (χ1) is 10.5. The third-order valence-corrected chi connectivity index (χ3v) is 3.27. The first-order valence-electron chi connectivity index (χ1n) is 7.22. The molecule has 1 amide bonds. The van der Waals surface area contributed by atoms with E-state index in [1.165, 1.54) is 12.1 Å². The molecule has 1 atom stereocenters. The Kier molecular flexibility index (Phi) is 5.27. The van der Waals surface area contributed by atoms with Crippen LogP contribution in [0.2, 0.25) is 0 Å². The predicted octanol–water partition coefficient (Wildman–Crippen LogP) is 2.35. The molecule has 2 aromatic rings. The van der Waals surface area contributed by atoms with Gasteiger partial charge in [-0.2, -0.15) is 5.10 Å². The molecule has 1 heterocycles. The van der Waals surface area contributed by atoms with E-state index in [2.05, 4.69) is 15.5 Å². The molecule has 0 bridgehead atoms. The maximum absolute atomic E-state index is 12.9. The summed E-state index contributed by atoms with van der Waals surface area (Å²) in [6, 6.07) is 7.20. The molecule has 0 saturated carbocycles. The molecule has 0 spiro atoms. The summed E-state index contributed by atoms with van der Waals surface area (Å²) in [6.07, 6.45) is 0.696. The molecular formula is C16H20FN3O2. The van der Waals surface area contributed by atoms with Gasteiger partial charge in [-0.25, -0.2) is 4.39 Å². The minimum atomic E-state index is -0.322. The van der Waals surface area contributed by atoms with Crippen molar-refractivity contribution in [3.05, 3.63) is 41.8 Å². The molecule has 0 aliphatic carbocycles. The van der Waals surface area contributed by atoms with Crippen molar-refractivity contribution in [3.8, 4) is 11.3 Å². The molecule has 22 heavy (non-hydrogen) atoms. The Labute approximate surface area is 128 Å². The third-order valence-electron chi connectivity index (χ3n) is 3.27. The zero-order valence-corrected chi connectivity index (χ0v) is 12.6. The molecular weight excluding hydrogens is 285 g/mol. The predicted molar refractivity (Wildman–Crippen MR) is 81.8 cm³/mol. The van der Waals surface area contributed by atoms with Crippen LogP contribution in [0.15, 0.2) is 30.3 Å². The standard InChI is InChI=1S/C16H20FN3O2/c1-10(2)7-13(9-21)18-16(22)15-8-14(19-20-15)11-3-5-12(17)6-4-11/h3-6,8,10,13,21H,7,9H2,1-2H3,(H,18,22)(H,19,20). The second kappa shape index (κ2) is 7.17. The van der Waals surface area contributed by atoms with Crippen LogP contribution in [0.4, 0.5) is 4.39 Å². The van der Waals surface area contributed by atoms with Gasteiger partial charge in [0.2, 0.25) is 0 Å². The molecule has 0 fully saturated rings. The number of amides is 1. The Morgan fingerprint density at radius 1 is 1.36 bits per heavy atom. The lowest BCUT2D eigenvalue weighted by atomic mass is 10.0. The molecule has 0 aliphatic rings. The van der Waals surface area contributed by atoms with Crippen molar-refractivity contribution in [3.63, 3.8) is 0 Å². The highest BCUT2D eigenvalue weighted by Gasteiger charge is 2.16. The number of nitrogens with zero attached hydrogens (tertiary/aromatic N) is 1. The number of aromatic nitrogens is 2. The number of aliphatic hydroxyl groups is 1. The van der Waals surface area contributed by atoms with Crippen LogP contribution in [0.1, 0.15) is 30.8 Å². The van der Waals surface area contributed by atoms with E-state index in [0.29, 0.717) is 23.7 Å². The van der Waals surface area contributed by atoms with E-state index in [1.54, 1.807) is 18.2 Å². The van der Waals surface area contributed by atoms with Gasteiger partial charge in [-0.15, -0.1) is 0 Å². The fraction of sp³-hybridized carbons (Fsp3) is 0.375. The fourth-order valence-corrected chi connectivity index (χ4v) is 2.22. The fourth-order valence-electron chi connectivity index (χ4n) is 2.22. The minimum absolute atomic E-state index is 0.108. The molecule has 6 heteroatoms. The second-order valence-electron chi connectivity index (χ2n) is 5.66. The summed E-state index contributed by atoms with van der Waals surface area (Å²) in [7, 11) is 0. The first-order valence-corrected chi connectivity index (χ1v) is 7.22. The summed E-state index contributed by atoms with van der Waals surface area (Å²) in [4.78, 5) is 12.1. The summed E-state index contributed by atoms with van der Waals surface area (Å²) in [6.45, 7) is 3.94. The molecule has 1 aromatic heterocycles. The maximum atomic E-state index is 12.9. The average Bonchev–Trinajstić information content (AvgIpc) is 2.96. The highest BCUT2D eigenvalue weighted by molar-refractivity contribution is 5.93. The van der Waals surface area contributed by atoms with Gasteiger partial charge in [0.1, 0.15) is 11.5 Å². The number of carbonyl (C=O) groups excluding carboxylic acids is 1. The maximum Gasteiger partial charge on any atom is 0.269 e. The molecule has 1 aromatic carbocycles. The number of halogens is 1. The Morgan fingerprint density at radius 2 is 2.05 bits per heavy atom. The Bertz CT molecular complexity index is 623. The van der Waals surface area contributed by atoms with Crippen LogP contribution in [0.5, 0.6) is 0 Å². The summed E-state index contributed by atoms with van der Waals surface area (Å²) in [5, 5.41) is 18.8. The lowest BCUT2D eigenvalue weighted by Crippen LogP contribution is -2.38. The summed E-state index contributed by atoms with van der Waals surface area (Å²) in [5.74, 6) is -0.272. The van der Waals surface area contributed by atoms with Gasteiger partial charge in [0, 0.05) is 5.56 Å². The van der Waals surface area contributed by atoms with E-state index < -0.39 is 0 Å². The summed E-state index contributed by atoms with van der Waals surface area (Å²) in [5.41, 5.74) is 1.59. The van der Waals surface area contributed by atoms with Crippen LogP contribution in [0, 0.1) is 11.7 Å². The van der Waals surface area contributed by atoms with E-state index in [9.17, 15) is 14.3 Å². The van der Waals surface area contributed by atoms with Gasteiger partial charge in [-0.1, -0.05) is 13.8 Å². The summed E-state index contributed by atoms with van der Waals surface area (Å²) >= 11 is 0. The average molecular weight is 305 g/mol. The molecule has 2 rings (SSSR count). The normalized spacial score (nSPS) is 12.4. The van der Waals surface area contributed by atoms with Crippen molar-refractivity contribution in [2.75, 3.05) is 6.61 Å². The highest BCUT2D eigenvalue weighted by Crippen LogP contribution is 2.18. The molecule has 3 N–H and O–H groups in total. The van der Waals surface area contributed by atoms with Gasteiger partial charge in [0.15, 0.2) is 0 Å². The molecule has 0 radical (unpaired) electrons. The van der Waals surface area contributed by atoms with Crippen LogP contribution >= 0.6 is 0 Å². The molecule has 1 unspecified atom stereocenters. The number of nitrogens with one attached hydrogen (secondary N) is 2. The van der Waals surface area contributed by atoms with E-state index in [-0.39, 0.29) is 24.4 Å². The monoisotopic (exact) mass is 305 g/mol. The van der Waals surface area contributed by atoms with Crippen molar-refractivity contribution < 1.29 is 14.3 Å². The Morgan fingerprint density at radius 3 is 2.64 bits per heavy atom. The number of H-pyrrole nitrogens is 1. The van der Waals surface area contributed by atoms with Crippen LogP contribution in [-0.4, -0.2) is 33.9 Å². The number of hydrogen-bond donors (Lipinski definition) is 3. The highest BCUT2D eigenvalue weighted by atomic mass is 19.1. The van der Waals surface area contributed by atoms with Crippen molar-refractivity contribution in [1.29, 1.82) is 0 Å². The molecule has 0 aliphatic heterocycles. The molecule has 0 saturated heterocycles. The van der Waals surface area contributed by atoms with Gasteiger partial charge < -0.3 is 10.4 Å². The van der Waals surface area contributed by atoms with Crippen LogP contribution in [-0.2, 0) is 0 Å². The van der Waals surface area contributed by atoms with Gasteiger partial charge in [0.25, 0.3) is 5.91 Å². The zero-order valence-electron chi connectivity index (χ0n) is 12.6. The topological polar surface area (TPSA) is 78.0 Å². The SMILES string of the molecule is CC(C)CC(CO)NC(=O)c1cc(-c2ccc(F)cc2)n[nH]1. The van der Waals surface area contributed by atoms with Gasteiger partial charge >= 0.3 is 0 Å². The van der Waals surface area contributed by atoms with Gasteiger partial charge in [0.05, 0.1) is 18.3 Å². The van der Waals surface area contributed by atoms with E-state index in [1.807, 2.05) is 13.8 Å². The van der Waals surface area contributed by atoms with Crippen LogP contribution in [0.3, 0.4) is 0 Å². The first kappa shape index (κ1) is 16.2. The lowest BCUT2D eigenvalue weighted by molar-refractivity contribution is 0.0903. The molecule has 5 nitrogen and oxygen atoms in total. The number of benzene rings is 1. The Balaban J connectivity index is 2.07. The smallest absolute Gasteiger partial charge is 0.269 e. The zero-order chi connectivity index (χ0) is 16.1. The minimum Gasteiger partial charge on any atom is -0.394 e. The molecule has 118 valence electrons. The largest absolute Gasteiger partial charge is 0.394 e. The number of hydrogen-bond acceptors (Lipinski definition) is 3. The van der Waals surface area contributed by atoms with Crippen molar-refractivity contribution in [2.24, 2.45) is 5.92 Å². The number of carbonyl (C=O) groups is 1. The number of aromatic amines is 1. The van der Waals surface area contributed by atoms with Crippen molar-refractivity contribution in [1.82, 2.24) is 15.5 Å². The Hall–Kier alpha value is -2.21. The van der Waals surface area contributed by atoms with Crippen molar-refractivity contribution in [2.45, 2.75) is 26.3 Å². The summed E-state index contributed by atoms with van der Waals surface area (Å²) < 4.78 is 12.9. The van der Waals surface area contributed by atoms with E-state index >= 15 is 0 Å². The van der Waals surface area contributed by atoms with Crippen LogP contribution in [0.25, 0.3) is 11.3 Å². The van der Waals surface area contributed by atoms with Crippen molar-refractivity contribution >= 4 is 5.91 Å². The lowest BCUT2D eigenvalue weighted by Gasteiger charge is -2.17. The second-order valence-corrected chi connectivity index (χ2v) is 5.66. The van der Waals surface area contributed by atoms with Gasteiger partial charge in [-0.3, -0.25) is 9.89 Å².